The Hall–Kier alpha value is -1.45. The molecule has 4 rings (SSSR count). The van der Waals surface area contributed by atoms with E-state index in [1.165, 1.54) is 4.31 Å². The van der Waals surface area contributed by atoms with Crippen LogP contribution in [-0.4, -0.2) is 67.4 Å². The molecule has 1 unspecified atom stereocenters. The van der Waals surface area contributed by atoms with E-state index in [0.29, 0.717) is 32.7 Å². The summed E-state index contributed by atoms with van der Waals surface area (Å²) in [5.74, 6) is -0.478. The lowest BCUT2D eigenvalue weighted by atomic mass is 10.1. The van der Waals surface area contributed by atoms with Crippen LogP contribution in [0.5, 0.6) is 0 Å². The molecule has 1 aliphatic carbocycles. The molecule has 2 amide bonds. The van der Waals surface area contributed by atoms with E-state index in [9.17, 15) is 18.0 Å². The highest BCUT2D eigenvalue weighted by molar-refractivity contribution is 9.10. The molecule has 0 bridgehead atoms. The molecule has 0 spiro atoms. The molecular formula is C18H22BrN3O4S. The minimum absolute atomic E-state index is 0.0516. The van der Waals surface area contributed by atoms with Crippen molar-refractivity contribution in [3.05, 3.63) is 28.7 Å². The minimum atomic E-state index is -3.19. The van der Waals surface area contributed by atoms with Crippen LogP contribution in [0.4, 0.5) is 5.69 Å². The third kappa shape index (κ3) is 3.77. The molecule has 2 saturated heterocycles. The van der Waals surface area contributed by atoms with Gasteiger partial charge in [-0.2, -0.15) is 4.31 Å². The van der Waals surface area contributed by atoms with Gasteiger partial charge in [0.05, 0.1) is 11.2 Å². The second-order valence-electron chi connectivity index (χ2n) is 7.35. The number of benzene rings is 1. The number of nitrogens with zero attached hydrogens (tertiary/aromatic N) is 3. The highest BCUT2D eigenvalue weighted by atomic mass is 79.9. The lowest BCUT2D eigenvalue weighted by molar-refractivity contribution is -0.136. The number of hydrogen-bond acceptors (Lipinski definition) is 4. The summed E-state index contributed by atoms with van der Waals surface area (Å²) in [4.78, 5) is 28.6. The number of sulfonamides is 1. The molecule has 146 valence electrons. The maximum atomic E-state index is 12.9. The van der Waals surface area contributed by atoms with Gasteiger partial charge >= 0.3 is 0 Å². The molecule has 1 aromatic rings. The first-order chi connectivity index (χ1) is 12.9. The Balaban J connectivity index is 1.37. The third-order valence-electron chi connectivity index (χ3n) is 5.45. The van der Waals surface area contributed by atoms with Crippen LogP contribution in [0, 0.1) is 5.92 Å². The van der Waals surface area contributed by atoms with Crippen LogP contribution in [0.3, 0.4) is 0 Å². The monoisotopic (exact) mass is 455 g/mol. The highest BCUT2D eigenvalue weighted by Crippen LogP contribution is 2.32. The molecule has 0 aromatic heterocycles. The average Bonchev–Trinajstić information content (AvgIpc) is 3.44. The molecule has 3 fully saturated rings. The first-order valence-electron chi connectivity index (χ1n) is 9.20. The van der Waals surface area contributed by atoms with Crippen molar-refractivity contribution in [3.8, 4) is 0 Å². The number of carbonyl (C=O) groups is 2. The normalized spacial score (nSPS) is 24.5. The zero-order valence-corrected chi connectivity index (χ0v) is 17.3. The summed E-state index contributed by atoms with van der Waals surface area (Å²) in [6, 6.07) is 7.48. The Morgan fingerprint density at radius 1 is 1.11 bits per heavy atom. The van der Waals surface area contributed by atoms with Crippen molar-refractivity contribution in [1.29, 1.82) is 0 Å². The van der Waals surface area contributed by atoms with Crippen LogP contribution < -0.4 is 4.90 Å². The van der Waals surface area contributed by atoms with Gasteiger partial charge in [0.2, 0.25) is 21.8 Å². The van der Waals surface area contributed by atoms with Crippen LogP contribution in [0.25, 0.3) is 0 Å². The number of carbonyl (C=O) groups excluding carboxylic acids is 2. The quantitative estimate of drug-likeness (QED) is 0.687. The fraction of sp³-hybridized carbons (Fsp3) is 0.556. The predicted octanol–water partition coefficient (Wildman–Crippen LogP) is 1.44. The predicted molar refractivity (Wildman–Crippen MR) is 105 cm³/mol. The van der Waals surface area contributed by atoms with Crippen molar-refractivity contribution < 1.29 is 18.0 Å². The van der Waals surface area contributed by atoms with E-state index in [-0.39, 0.29) is 29.4 Å². The van der Waals surface area contributed by atoms with Gasteiger partial charge in [0.15, 0.2) is 0 Å². The van der Waals surface area contributed by atoms with Gasteiger partial charge in [0, 0.05) is 49.3 Å². The van der Waals surface area contributed by atoms with Crippen LogP contribution in [0.2, 0.25) is 0 Å². The molecule has 1 aromatic carbocycles. The molecule has 27 heavy (non-hydrogen) atoms. The van der Waals surface area contributed by atoms with Gasteiger partial charge in [-0.1, -0.05) is 22.0 Å². The van der Waals surface area contributed by atoms with Crippen molar-refractivity contribution in [2.75, 3.05) is 37.6 Å². The van der Waals surface area contributed by atoms with Crippen LogP contribution >= 0.6 is 15.9 Å². The zero-order chi connectivity index (χ0) is 19.2. The first kappa shape index (κ1) is 18.9. The van der Waals surface area contributed by atoms with E-state index < -0.39 is 10.0 Å². The highest BCUT2D eigenvalue weighted by Gasteiger charge is 2.43. The lowest BCUT2D eigenvalue weighted by Crippen LogP contribution is -2.52. The number of rotatable bonds is 4. The molecule has 2 heterocycles. The summed E-state index contributed by atoms with van der Waals surface area (Å²) in [5.41, 5.74) is 0.782. The van der Waals surface area contributed by atoms with E-state index in [0.717, 1.165) is 23.0 Å². The molecule has 0 radical (unpaired) electrons. The molecule has 9 heteroatoms. The van der Waals surface area contributed by atoms with Crippen molar-refractivity contribution in [3.63, 3.8) is 0 Å². The fourth-order valence-electron chi connectivity index (χ4n) is 3.76. The van der Waals surface area contributed by atoms with Gasteiger partial charge in [-0.3, -0.25) is 9.59 Å². The molecular weight excluding hydrogens is 434 g/mol. The van der Waals surface area contributed by atoms with E-state index in [4.69, 9.17) is 0 Å². The molecule has 1 atom stereocenters. The molecule has 0 N–H and O–H groups in total. The molecule has 1 saturated carbocycles. The first-order valence-corrected chi connectivity index (χ1v) is 11.5. The van der Waals surface area contributed by atoms with Crippen molar-refractivity contribution in [2.45, 2.75) is 24.5 Å². The average molecular weight is 456 g/mol. The van der Waals surface area contributed by atoms with Gasteiger partial charge in [-0.15, -0.1) is 0 Å². The Bertz CT molecular complexity index is 863. The number of piperazine rings is 1. The van der Waals surface area contributed by atoms with Crippen molar-refractivity contribution in [1.82, 2.24) is 9.21 Å². The molecule has 7 nitrogen and oxygen atoms in total. The molecule has 2 aliphatic heterocycles. The summed E-state index contributed by atoms with van der Waals surface area (Å²) >= 11 is 3.40. The van der Waals surface area contributed by atoms with Crippen molar-refractivity contribution >= 4 is 43.5 Å². The Kier molecular flexibility index (Phi) is 5.02. The standard InChI is InChI=1S/C18H22BrN3O4S/c19-14-2-1-3-15(11-14)22-12-13(10-17(22)23)18(24)20-6-8-21(9-7-20)27(25,26)16-4-5-16/h1-3,11,13,16H,4-10,12H2. The summed E-state index contributed by atoms with van der Waals surface area (Å²) in [6.07, 6.45) is 1.69. The number of halogens is 1. The van der Waals surface area contributed by atoms with Gasteiger partial charge < -0.3 is 9.80 Å². The maximum Gasteiger partial charge on any atom is 0.228 e. The summed E-state index contributed by atoms with van der Waals surface area (Å²) in [7, 11) is -3.19. The van der Waals surface area contributed by atoms with Crippen LogP contribution in [0.1, 0.15) is 19.3 Å². The Morgan fingerprint density at radius 2 is 1.81 bits per heavy atom. The zero-order valence-electron chi connectivity index (χ0n) is 14.9. The number of hydrogen-bond donors (Lipinski definition) is 0. The summed E-state index contributed by atoms with van der Waals surface area (Å²) in [5, 5.41) is -0.217. The van der Waals surface area contributed by atoms with Crippen molar-refractivity contribution in [2.24, 2.45) is 5.92 Å². The largest absolute Gasteiger partial charge is 0.340 e. The van der Waals surface area contributed by atoms with Crippen LogP contribution in [0.15, 0.2) is 28.7 Å². The van der Waals surface area contributed by atoms with Crippen LogP contribution in [-0.2, 0) is 19.6 Å². The third-order valence-corrected chi connectivity index (χ3v) is 8.34. The minimum Gasteiger partial charge on any atom is -0.340 e. The van der Waals surface area contributed by atoms with E-state index >= 15 is 0 Å². The number of amides is 2. The van der Waals surface area contributed by atoms with Gasteiger partial charge in [0.1, 0.15) is 0 Å². The van der Waals surface area contributed by atoms with Gasteiger partial charge in [0.25, 0.3) is 0 Å². The van der Waals surface area contributed by atoms with E-state index in [1.807, 2.05) is 24.3 Å². The number of anilines is 1. The van der Waals surface area contributed by atoms with Gasteiger partial charge in [-0.25, -0.2) is 8.42 Å². The topological polar surface area (TPSA) is 78.0 Å². The Labute approximate surface area is 167 Å². The Morgan fingerprint density at radius 3 is 2.44 bits per heavy atom. The summed E-state index contributed by atoms with van der Waals surface area (Å²) in [6.45, 7) is 1.86. The van der Waals surface area contributed by atoms with Gasteiger partial charge in [-0.05, 0) is 31.0 Å². The lowest BCUT2D eigenvalue weighted by Gasteiger charge is -2.35. The fourth-order valence-corrected chi connectivity index (χ4v) is 5.98. The second kappa shape index (κ2) is 7.18. The second-order valence-corrected chi connectivity index (χ2v) is 10.5. The maximum absolute atomic E-state index is 12.9. The van der Waals surface area contributed by atoms with E-state index in [1.54, 1.807) is 9.80 Å². The SMILES string of the molecule is O=C(C1CC(=O)N(c2cccc(Br)c2)C1)N1CCN(S(=O)(=O)C2CC2)CC1. The van der Waals surface area contributed by atoms with E-state index in [2.05, 4.69) is 15.9 Å². The summed E-state index contributed by atoms with van der Waals surface area (Å²) < 4.78 is 27.0. The molecule has 3 aliphatic rings. The smallest absolute Gasteiger partial charge is 0.228 e.